The van der Waals surface area contributed by atoms with Crippen molar-refractivity contribution in [2.45, 2.75) is 26.3 Å². The van der Waals surface area contributed by atoms with Gasteiger partial charge >= 0.3 is 0 Å². The van der Waals surface area contributed by atoms with Crippen LogP contribution in [0.25, 0.3) is 22.6 Å². The number of hydrogen-bond acceptors (Lipinski definition) is 6. The summed E-state index contributed by atoms with van der Waals surface area (Å²) in [5, 5.41) is 10.6. The van der Waals surface area contributed by atoms with Gasteiger partial charge in [0, 0.05) is 21.5 Å². The van der Waals surface area contributed by atoms with Crippen molar-refractivity contribution in [2.75, 3.05) is 0 Å². The Kier molecular flexibility index (Phi) is 6.21. The van der Waals surface area contributed by atoms with Crippen LogP contribution < -0.4 is 5.32 Å². The second-order valence-electron chi connectivity index (χ2n) is 6.65. The molecule has 0 aliphatic rings. The lowest BCUT2D eigenvalue weighted by atomic mass is 10.1. The van der Waals surface area contributed by atoms with Gasteiger partial charge in [0.1, 0.15) is 0 Å². The first kappa shape index (κ1) is 20.3. The van der Waals surface area contributed by atoms with E-state index in [0.29, 0.717) is 16.7 Å². The zero-order valence-corrected chi connectivity index (χ0v) is 17.8. The van der Waals surface area contributed by atoms with E-state index in [2.05, 4.69) is 32.7 Å². The van der Waals surface area contributed by atoms with Crippen LogP contribution in [0, 0.1) is 0 Å². The van der Waals surface area contributed by atoms with Crippen LogP contribution >= 0.6 is 22.9 Å². The molecule has 0 fully saturated rings. The van der Waals surface area contributed by atoms with Gasteiger partial charge in [-0.15, -0.1) is 11.3 Å². The molecule has 1 N–H and O–H groups in total. The summed E-state index contributed by atoms with van der Waals surface area (Å²) in [6, 6.07) is 15.0. The lowest BCUT2D eigenvalue weighted by molar-refractivity contribution is -0.120. The molecule has 0 spiro atoms. The predicted molar refractivity (Wildman–Crippen MR) is 117 cm³/mol. The molecule has 6 nitrogen and oxygen atoms in total. The molecule has 0 unspecified atom stereocenters. The van der Waals surface area contributed by atoms with Gasteiger partial charge in [0.25, 0.3) is 0 Å². The van der Waals surface area contributed by atoms with Gasteiger partial charge in [0.2, 0.25) is 17.6 Å². The van der Waals surface area contributed by atoms with Crippen molar-refractivity contribution >= 4 is 28.8 Å². The number of thiazole rings is 1. The number of aromatic nitrogens is 3. The summed E-state index contributed by atoms with van der Waals surface area (Å²) < 4.78 is 5.26. The zero-order valence-electron chi connectivity index (χ0n) is 16.3. The van der Waals surface area contributed by atoms with E-state index in [1.165, 1.54) is 0 Å². The quantitative estimate of drug-likeness (QED) is 0.442. The summed E-state index contributed by atoms with van der Waals surface area (Å²) >= 11 is 7.52. The average Bonchev–Trinajstić information content (AvgIpc) is 3.44. The van der Waals surface area contributed by atoms with Crippen LogP contribution in [0.4, 0.5) is 0 Å². The highest BCUT2D eigenvalue weighted by Crippen LogP contribution is 2.25. The monoisotopic (exact) mass is 438 g/mol. The van der Waals surface area contributed by atoms with Gasteiger partial charge in [0.05, 0.1) is 23.7 Å². The van der Waals surface area contributed by atoms with Crippen molar-refractivity contribution in [1.82, 2.24) is 20.4 Å². The SMILES string of the molecule is CCc1nc(-c2ccc(-c3noc(CNC(=O)Cc4ccc(Cl)cc4)n3)cc2)cs1. The smallest absolute Gasteiger partial charge is 0.246 e. The highest BCUT2D eigenvalue weighted by Gasteiger charge is 2.11. The Bertz CT molecular complexity index is 1140. The maximum atomic E-state index is 12.1. The van der Waals surface area contributed by atoms with Gasteiger partial charge in [0.15, 0.2) is 0 Å². The highest BCUT2D eigenvalue weighted by molar-refractivity contribution is 7.09. The van der Waals surface area contributed by atoms with Crippen LogP contribution in [-0.2, 0) is 24.2 Å². The normalized spacial score (nSPS) is 10.9. The Morgan fingerprint density at radius 2 is 1.80 bits per heavy atom. The molecule has 0 saturated heterocycles. The molecule has 152 valence electrons. The van der Waals surface area contributed by atoms with Crippen LogP contribution in [0.5, 0.6) is 0 Å². The summed E-state index contributed by atoms with van der Waals surface area (Å²) in [7, 11) is 0. The van der Waals surface area contributed by atoms with E-state index in [1.54, 1.807) is 23.5 Å². The van der Waals surface area contributed by atoms with Crippen molar-refractivity contribution in [2.24, 2.45) is 0 Å². The maximum absolute atomic E-state index is 12.1. The van der Waals surface area contributed by atoms with Gasteiger partial charge in [-0.2, -0.15) is 4.98 Å². The van der Waals surface area contributed by atoms with E-state index < -0.39 is 0 Å². The highest BCUT2D eigenvalue weighted by atomic mass is 35.5. The summed E-state index contributed by atoms with van der Waals surface area (Å²) in [5.41, 5.74) is 3.75. The van der Waals surface area contributed by atoms with Crippen molar-refractivity contribution in [3.8, 4) is 22.6 Å². The topological polar surface area (TPSA) is 80.9 Å². The van der Waals surface area contributed by atoms with E-state index in [4.69, 9.17) is 16.1 Å². The van der Waals surface area contributed by atoms with Crippen molar-refractivity contribution in [3.05, 3.63) is 75.4 Å². The molecule has 0 aliphatic heterocycles. The molecule has 4 aromatic rings. The molecule has 4 rings (SSSR count). The number of carbonyl (C=O) groups is 1. The fourth-order valence-electron chi connectivity index (χ4n) is 2.86. The standard InChI is InChI=1S/C22H19ClN4O2S/c1-2-21-25-18(13-30-21)15-5-7-16(8-6-15)22-26-20(29-27-22)12-24-19(28)11-14-3-9-17(23)10-4-14/h3-10,13H,2,11-12H2,1H3,(H,24,28). The molecule has 2 aromatic carbocycles. The second kappa shape index (κ2) is 9.19. The minimum absolute atomic E-state index is 0.129. The fourth-order valence-corrected chi connectivity index (χ4v) is 3.74. The van der Waals surface area contributed by atoms with Gasteiger partial charge in [-0.3, -0.25) is 4.79 Å². The van der Waals surface area contributed by atoms with Crippen molar-refractivity contribution < 1.29 is 9.32 Å². The van der Waals surface area contributed by atoms with Crippen molar-refractivity contribution in [3.63, 3.8) is 0 Å². The summed E-state index contributed by atoms with van der Waals surface area (Å²) in [5.74, 6) is 0.706. The molecule has 30 heavy (non-hydrogen) atoms. The van der Waals surface area contributed by atoms with Crippen LogP contribution in [0.15, 0.2) is 58.4 Å². The van der Waals surface area contributed by atoms with E-state index in [0.717, 1.165) is 33.8 Å². The van der Waals surface area contributed by atoms with E-state index in [9.17, 15) is 4.79 Å². The molecule has 0 atom stereocenters. The molecule has 0 bridgehead atoms. The van der Waals surface area contributed by atoms with Gasteiger partial charge < -0.3 is 9.84 Å². The number of nitrogens with one attached hydrogen (secondary N) is 1. The van der Waals surface area contributed by atoms with Crippen LogP contribution in [-0.4, -0.2) is 21.0 Å². The number of amides is 1. The number of carbonyl (C=O) groups excluding carboxylic acids is 1. The Balaban J connectivity index is 1.35. The molecule has 0 radical (unpaired) electrons. The number of rotatable bonds is 7. The predicted octanol–water partition coefficient (Wildman–Crippen LogP) is 4.93. The fraction of sp³-hybridized carbons (Fsp3) is 0.182. The molecule has 2 heterocycles. The third kappa shape index (κ3) is 4.93. The number of hydrogen-bond donors (Lipinski definition) is 1. The number of benzene rings is 2. The second-order valence-corrected chi connectivity index (χ2v) is 8.03. The molecule has 2 aromatic heterocycles. The summed E-state index contributed by atoms with van der Waals surface area (Å²) in [6.45, 7) is 2.27. The molecule has 8 heteroatoms. The van der Waals surface area contributed by atoms with Gasteiger partial charge in [-0.1, -0.05) is 60.1 Å². The number of halogens is 1. The van der Waals surface area contributed by atoms with Gasteiger partial charge in [-0.05, 0) is 24.1 Å². The molecular weight excluding hydrogens is 420 g/mol. The van der Waals surface area contributed by atoms with Crippen LogP contribution in [0.2, 0.25) is 5.02 Å². The van der Waals surface area contributed by atoms with E-state index in [-0.39, 0.29) is 18.9 Å². The largest absolute Gasteiger partial charge is 0.347 e. The number of nitrogens with zero attached hydrogens (tertiary/aromatic N) is 3. The lowest BCUT2D eigenvalue weighted by Gasteiger charge is -2.02. The molecule has 0 saturated carbocycles. The first-order valence-electron chi connectivity index (χ1n) is 9.49. The van der Waals surface area contributed by atoms with Gasteiger partial charge in [-0.25, -0.2) is 4.98 Å². The first-order valence-corrected chi connectivity index (χ1v) is 10.8. The zero-order chi connectivity index (χ0) is 20.9. The van der Waals surface area contributed by atoms with Crippen molar-refractivity contribution in [1.29, 1.82) is 0 Å². The lowest BCUT2D eigenvalue weighted by Crippen LogP contribution is -2.24. The minimum atomic E-state index is -0.129. The molecular formula is C22H19ClN4O2S. The Hall–Kier alpha value is -3.03. The summed E-state index contributed by atoms with van der Waals surface area (Å²) in [4.78, 5) is 21.1. The van der Waals surface area contributed by atoms with E-state index in [1.807, 2.05) is 36.4 Å². The number of aryl methyl sites for hydroxylation is 1. The first-order chi connectivity index (χ1) is 14.6. The third-order valence-electron chi connectivity index (χ3n) is 4.48. The summed E-state index contributed by atoms with van der Waals surface area (Å²) in [6.07, 6.45) is 1.20. The minimum Gasteiger partial charge on any atom is -0.347 e. The van der Waals surface area contributed by atoms with Crippen LogP contribution in [0.1, 0.15) is 23.4 Å². The Labute approximate surface area is 182 Å². The molecule has 1 amide bonds. The Morgan fingerprint density at radius 1 is 1.07 bits per heavy atom. The Morgan fingerprint density at radius 3 is 2.50 bits per heavy atom. The maximum Gasteiger partial charge on any atom is 0.246 e. The third-order valence-corrected chi connectivity index (χ3v) is 5.72. The average molecular weight is 439 g/mol. The molecule has 0 aliphatic carbocycles. The van der Waals surface area contributed by atoms with Crippen LogP contribution in [0.3, 0.4) is 0 Å². The van der Waals surface area contributed by atoms with E-state index >= 15 is 0 Å².